The van der Waals surface area contributed by atoms with E-state index in [1.54, 1.807) is 13.8 Å². The molecule has 1 aromatic heterocycles. The fourth-order valence-electron chi connectivity index (χ4n) is 6.09. The SMILES string of the molecule is CC(C)c1cc(CCC2CCCCC2)cc(C(C)C)c1CC(=O)N=S(N)(=O)c1cc(C(C)(C)O)n(-c2ccccc2)n1. The third-order valence-corrected chi connectivity index (χ3v) is 9.64. The van der Waals surface area contributed by atoms with Gasteiger partial charge in [0.1, 0.15) is 5.60 Å². The first-order valence-corrected chi connectivity index (χ1v) is 17.0. The third-order valence-electron chi connectivity index (χ3n) is 8.37. The van der Waals surface area contributed by atoms with Crippen LogP contribution in [0.15, 0.2) is 57.9 Å². The average Bonchev–Trinajstić information content (AvgIpc) is 3.40. The molecule has 0 saturated heterocycles. The van der Waals surface area contributed by atoms with Gasteiger partial charge in [-0.25, -0.2) is 14.0 Å². The van der Waals surface area contributed by atoms with Gasteiger partial charge in [-0.15, -0.1) is 4.36 Å². The number of nitrogens with two attached hydrogens (primary N) is 1. The predicted molar refractivity (Wildman–Crippen MR) is 170 cm³/mol. The van der Waals surface area contributed by atoms with Gasteiger partial charge in [0.15, 0.2) is 14.9 Å². The van der Waals surface area contributed by atoms with Crippen molar-refractivity contribution >= 4 is 15.8 Å². The number of carbonyl (C=O) groups is 1. The first-order chi connectivity index (χ1) is 19.8. The van der Waals surface area contributed by atoms with Crippen LogP contribution >= 0.6 is 0 Å². The summed E-state index contributed by atoms with van der Waals surface area (Å²) in [4.78, 5) is 13.4. The smallest absolute Gasteiger partial charge is 0.259 e. The second kappa shape index (κ2) is 13.2. The topological polar surface area (TPSA) is 111 Å². The summed E-state index contributed by atoms with van der Waals surface area (Å²) in [6.45, 7) is 11.8. The van der Waals surface area contributed by atoms with Gasteiger partial charge >= 0.3 is 0 Å². The molecule has 4 rings (SSSR count). The van der Waals surface area contributed by atoms with Gasteiger partial charge in [0, 0.05) is 6.07 Å². The highest BCUT2D eigenvalue weighted by atomic mass is 32.2. The zero-order valence-electron chi connectivity index (χ0n) is 26.1. The summed E-state index contributed by atoms with van der Waals surface area (Å²) < 4.78 is 19.2. The van der Waals surface area contributed by atoms with Gasteiger partial charge in [-0.1, -0.05) is 90.1 Å². The van der Waals surface area contributed by atoms with Gasteiger partial charge in [-0.3, -0.25) is 4.79 Å². The number of amides is 1. The van der Waals surface area contributed by atoms with Crippen LogP contribution in [0.5, 0.6) is 0 Å². The van der Waals surface area contributed by atoms with Crippen LogP contribution in [-0.4, -0.2) is 25.0 Å². The number of benzene rings is 2. The number of nitrogens with zero attached hydrogens (tertiary/aromatic N) is 3. The van der Waals surface area contributed by atoms with Crippen molar-refractivity contribution in [2.24, 2.45) is 15.4 Å². The normalized spacial score (nSPS) is 16.1. The fourth-order valence-corrected chi connectivity index (χ4v) is 7.03. The molecule has 1 aliphatic rings. The number of aliphatic hydroxyl groups is 1. The molecule has 0 radical (unpaired) electrons. The van der Waals surface area contributed by atoms with Crippen LogP contribution in [-0.2, 0) is 33.2 Å². The Labute approximate surface area is 252 Å². The van der Waals surface area contributed by atoms with Crippen molar-refractivity contribution in [2.45, 2.75) is 115 Å². The van der Waals surface area contributed by atoms with Crippen LogP contribution in [0, 0.1) is 5.92 Å². The Bertz CT molecular complexity index is 1470. The van der Waals surface area contributed by atoms with Gasteiger partial charge in [-0.05, 0) is 78.8 Å². The molecule has 8 heteroatoms. The molecule has 1 fully saturated rings. The number of para-hydroxylation sites is 1. The van der Waals surface area contributed by atoms with Crippen molar-refractivity contribution in [3.8, 4) is 5.69 Å². The Balaban J connectivity index is 1.66. The lowest BCUT2D eigenvalue weighted by Gasteiger charge is -2.24. The molecule has 3 N–H and O–H groups in total. The number of carbonyl (C=O) groups excluding carboxylic acids is 1. The van der Waals surface area contributed by atoms with Crippen molar-refractivity contribution in [1.29, 1.82) is 0 Å². The minimum absolute atomic E-state index is 0.0237. The summed E-state index contributed by atoms with van der Waals surface area (Å²) in [5.41, 5.74) is 4.35. The van der Waals surface area contributed by atoms with Gasteiger partial charge in [0.2, 0.25) is 0 Å². The first-order valence-electron chi connectivity index (χ1n) is 15.4. The highest BCUT2D eigenvalue weighted by molar-refractivity contribution is 7.91. The molecule has 7 nitrogen and oxygen atoms in total. The molecule has 1 saturated carbocycles. The van der Waals surface area contributed by atoms with Crippen LogP contribution in [0.4, 0.5) is 0 Å². The van der Waals surface area contributed by atoms with Crippen LogP contribution in [0.25, 0.3) is 5.69 Å². The number of aryl methyl sites for hydroxylation is 1. The number of hydrogen-bond donors (Lipinski definition) is 2. The Kier molecular flexibility index (Phi) is 10.1. The average molecular weight is 593 g/mol. The molecule has 2 aromatic carbocycles. The van der Waals surface area contributed by atoms with Crippen molar-refractivity contribution in [3.63, 3.8) is 0 Å². The molecule has 0 aliphatic heterocycles. The molecule has 1 heterocycles. The predicted octanol–water partition coefficient (Wildman–Crippen LogP) is 7.33. The summed E-state index contributed by atoms with van der Waals surface area (Å²) in [5, 5.41) is 21.4. The zero-order valence-corrected chi connectivity index (χ0v) is 26.9. The summed E-state index contributed by atoms with van der Waals surface area (Å²) in [5.74, 6) is 0.709. The number of rotatable bonds is 10. The molecule has 0 spiro atoms. The minimum atomic E-state index is -3.66. The maximum atomic E-state index is 13.7. The van der Waals surface area contributed by atoms with Crippen LogP contribution in [0.2, 0.25) is 0 Å². The molecule has 1 aliphatic carbocycles. The highest BCUT2D eigenvalue weighted by Crippen LogP contribution is 2.33. The van der Waals surface area contributed by atoms with E-state index < -0.39 is 21.4 Å². The summed E-state index contributed by atoms with van der Waals surface area (Å²) in [6.07, 6.45) is 9.01. The van der Waals surface area contributed by atoms with Crippen molar-refractivity contribution in [2.75, 3.05) is 0 Å². The van der Waals surface area contributed by atoms with Gasteiger partial charge in [-0.2, -0.15) is 5.10 Å². The highest BCUT2D eigenvalue weighted by Gasteiger charge is 2.27. The largest absolute Gasteiger partial charge is 0.384 e. The monoisotopic (exact) mass is 592 g/mol. The molecular weight excluding hydrogens is 544 g/mol. The number of hydrogen-bond acceptors (Lipinski definition) is 4. The van der Waals surface area contributed by atoms with E-state index in [1.807, 2.05) is 30.3 Å². The van der Waals surface area contributed by atoms with Gasteiger partial charge in [0.05, 0.1) is 17.8 Å². The van der Waals surface area contributed by atoms with E-state index in [4.69, 9.17) is 5.14 Å². The lowest BCUT2D eigenvalue weighted by molar-refractivity contribution is -0.117. The van der Waals surface area contributed by atoms with Crippen molar-refractivity contribution in [1.82, 2.24) is 9.78 Å². The Morgan fingerprint density at radius 2 is 1.64 bits per heavy atom. The summed E-state index contributed by atoms with van der Waals surface area (Å²) >= 11 is 0. The molecule has 1 atom stereocenters. The molecule has 1 unspecified atom stereocenters. The first kappa shape index (κ1) is 32.1. The molecule has 1 amide bonds. The standard InChI is InChI=1S/C34H48N4O3S/c1-23(2)28-19-26(18-17-25-13-9-7-10-14-25)20-29(24(3)4)30(28)21-32(39)37-42(35,41)33-22-31(34(5,6)40)38(36-33)27-15-11-8-12-16-27/h8,11-12,15-16,19-20,22-25,40H,7,9-10,13-14,17-18,21H2,1-6H3,(H2,35,37,39,41). The Morgan fingerprint density at radius 1 is 1.05 bits per heavy atom. The fraction of sp³-hybridized carbons (Fsp3) is 0.529. The van der Waals surface area contributed by atoms with Crippen LogP contribution < -0.4 is 5.14 Å². The maximum absolute atomic E-state index is 13.7. The van der Waals surface area contributed by atoms with E-state index >= 15 is 0 Å². The summed E-state index contributed by atoms with van der Waals surface area (Å²) in [6, 6.07) is 15.2. The quantitative estimate of drug-likeness (QED) is 0.257. The second-order valence-electron chi connectivity index (χ2n) is 13.0. The number of aromatic nitrogens is 2. The van der Waals surface area contributed by atoms with E-state index in [2.05, 4.69) is 49.3 Å². The van der Waals surface area contributed by atoms with Crippen LogP contribution in [0.3, 0.4) is 0 Å². The Hall–Kier alpha value is -2.81. The molecule has 3 aromatic rings. The van der Waals surface area contributed by atoms with E-state index in [9.17, 15) is 14.1 Å². The third kappa shape index (κ3) is 7.77. The van der Waals surface area contributed by atoms with Crippen LogP contribution in [0.1, 0.15) is 120 Å². The lowest BCUT2D eigenvalue weighted by Crippen LogP contribution is -2.20. The lowest BCUT2D eigenvalue weighted by atomic mass is 9.82. The van der Waals surface area contributed by atoms with E-state index in [-0.39, 0.29) is 23.3 Å². The Morgan fingerprint density at radius 3 is 2.19 bits per heavy atom. The maximum Gasteiger partial charge on any atom is 0.259 e. The molecular formula is C34H48N4O3S. The molecule has 0 bridgehead atoms. The second-order valence-corrected chi connectivity index (χ2v) is 14.7. The van der Waals surface area contributed by atoms with Crippen molar-refractivity contribution in [3.05, 3.63) is 76.5 Å². The van der Waals surface area contributed by atoms with E-state index in [0.29, 0.717) is 11.4 Å². The van der Waals surface area contributed by atoms with Gasteiger partial charge in [0.25, 0.3) is 5.91 Å². The van der Waals surface area contributed by atoms with Gasteiger partial charge < -0.3 is 5.11 Å². The summed E-state index contributed by atoms with van der Waals surface area (Å²) in [7, 11) is -3.66. The molecule has 42 heavy (non-hydrogen) atoms. The van der Waals surface area contributed by atoms with E-state index in [1.165, 1.54) is 54.8 Å². The van der Waals surface area contributed by atoms with Crippen molar-refractivity contribution < 1.29 is 14.1 Å². The van der Waals surface area contributed by atoms with E-state index in [0.717, 1.165) is 29.0 Å². The zero-order chi connectivity index (χ0) is 30.7. The minimum Gasteiger partial charge on any atom is -0.384 e. The molecule has 228 valence electrons.